The highest BCUT2D eigenvalue weighted by Crippen LogP contribution is 2.46. The van der Waals surface area contributed by atoms with E-state index >= 15 is 0 Å². The summed E-state index contributed by atoms with van der Waals surface area (Å²) in [5, 5.41) is 8.98. The Kier molecular flexibility index (Phi) is 3.27. The molecule has 4 aromatic rings. The number of carbonyl (C=O) groups is 2. The molecule has 6 rings (SSSR count). The Labute approximate surface area is 171 Å². The molecule has 8 heteroatoms. The van der Waals surface area contributed by atoms with Crippen molar-refractivity contribution in [2.75, 3.05) is 11.9 Å². The van der Waals surface area contributed by atoms with Crippen LogP contribution in [-0.4, -0.2) is 42.4 Å². The molecular formula is C22H18N6O2. The lowest BCUT2D eigenvalue weighted by molar-refractivity contribution is -0.139. The summed E-state index contributed by atoms with van der Waals surface area (Å²) in [5.74, 6) is -0.919. The molecule has 1 N–H and O–H groups in total. The number of aryl methyl sites for hydroxylation is 1. The third-order valence-corrected chi connectivity index (χ3v) is 6.04. The molecule has 0 spiro atoms. The monoisotopic (exact) mass is 398 g/mol. The third-order valence-electron chi connectivity index (χ3n) is 6.04. The van der Waals surface area contributed by atoms with Crippen LogP contribution in [0.15, 0.2) is 60.3 Å². The number of hydrogen-bond donors (Lipinski definition) is 1. The van der Waals surface area contributed by atoms with Crippen LogP contribution < -0.4 is 5.32 Å². The fraction of sp³-hybridized carbons (Fsp3) is 0.182. The van der Waals surface area contributed by atoms with E-state index in [0.29, 0.717) is 11.2 Å². The molecule has 8 nitrogen and oxygen atoms in total. The Morgan fingerprint density at radius 2 is 2.10 bits per heavy atom. The normalized spacial score (nSPS) is 18.1. The minimum Gasteiger partial charge on any atom is -0.356 e. The quantitative estimate of drug-likeness (QED) is 0.532. The Hall–Kier alpha value is -3.94. The van der Waals surface area contributed by atoms with Crippen molar-refractivity contribution in [1.82, 2.24) is 24.1 Å². The first-order chi connectivity index (χ1) is 14.5. The first kappa shape index (κ1) is 17.0. The van der Waals surface area contributed by atoms with Gasteiger partial charge in [-0.1, -0.05) is 6.07 Å². The van der Waals surface area contributed by atoms with Crippen molar-refractivity contribution in [3.8, 4) is 0 Å². The standard InChI is InChI=1S/C22H18N6O2/c1-12(29)27-11-16-20(22(27)30)18(13-9-24-28-8-4-7-23-21(13)28)14-10-26(2)17-6-3-5-15(25-16)19(14)17/h3-10,18,25H,11H2,1-2H3/t18-/m0/s1. The van der Waals surface area contributed by atoms with E-state index in [1.807, 2.05) is 31.4 Å². The zero-order valence-electron chi connectivity index (χ0n) is 16.5. The molecule has 0 saturated heterocycles. The van der Waals surface area contributed by atoms with E-state index in [9.17, 15) is 9.59 Å². The lowest BCUT2D eigenvalue weighted by Gasteiger charge is -2.18. The number of amides is 2. The van der Waals surface area contributed by atoms with Gasteiger partial charge in [0.1, 0.15) is 0 Å². The van der Waals surface area contributed by atoms with Crippen molar-refractivity contribution < 1.29 is 9.59 Å². The summed E-state index contributed by atoms with van der Waals surface area (Å²) in [6.07, 6.45) is 7.39. The fourth-order valence-corrected chi connectivity index (χ4v) is 4.74. The molecule has 2 aliphatic heterocycles. The van der Waals surface area contributed by atoms with Gasteiger partial charge in [-0.15, -0.1) is 0 Å². The minimum absolute atomic E-state index is 0.236. The van der Waals surface area contributed by atoms with Gasteiger partial charge in [0.25, 0.3) is 5.91 Å². The van der Waals surface area contributed by atoms with Crippen LogP contribution in [0.2, 0.25) is 0 Å². The second kappa shape index (κ2) is 5.79. The summed E-state index contributed by atoms with van der Waals surface area (Å²) in [5.41, 5.74) is 5.87. The summed E-state index contributed by atoms with van der Waals surface area (Å²) in [4.78, 5) is 31.4. The highest BCUT2D eigenvalue weighted by molar-refractivity contribution is 6.11. The Morgan fingerprint density at radius 1 is 1.23 bits per heavy atom. The van der Waals surface area contributed by atoms with Crippen LogP contribution in [0.1, 0.15) is 24.0 Å². The Morgan fingerprint density at radius 3 is 2.93 bits per heavy atom. The first-order valence-electron chi connectivity index (χ1n) is 9.73. The molecule has 0 saturated carbocycles. The lowest BCUT2D eigenvalue weighted by Crippen LogP contribution is -2.33. The number of aromatic nitrogens is 4. The predicted octanol–water partition coefficient (Wildman–Crippen LogP) is 2.42. The molecule has 0 radical (unpaired) electrons. The van der Waals surface area contributed by atoms with Crippen LogP contribution in [0, 0.1) is 0 Å². The smallest absolute Gasteiger partial charge is 0.259 e. The zero-order chi connectivity index (χ0) is 20.6. The average Bonchev–Trinajstić information content (AvgIpc) is 3.37. The first-order valence-corrected chi connectivity index (χ1v) is 9.73. The number of nitrogens with one attached hydrogen (secondary N) is 1. The highest BCUT2D eigenvalue weighted by atomic mass is 16.2. The van der Waals surface area contributed by atoms with Crippen LogP contribution in [0.25, 0.3) is 16.6 Å². The SMILES string of the molecule is CC(=O)N1CC2=C(C1=O)[C@@H](c1cnn3cccnc13)c1cn(C)c3cccc(c13)N2. The van der Waals surface area contributed by atoms with Gasteiger partial charge in [-0.25, -0.2) is 9.50 Å². The zero-order valence-corrected chi connectivity index (χ0v) is 16.5. The number of anilines is 1. The van der Waals surface area contributed by atoms with Crippen LogP contribution in [0.3, 0.4) is 0 Å². The topological polar surface area (TPSA) is 84.5 Å². The van der Waals surface area contributed by atoms with Crippen LogP contribution in [0.4, 0.5) is 5.69 Å². The van der Waals surface area contributed by atoms with Crippen LogP contribution in [0.5, 0.6) is 0 Å². The van der Waals surface area contributed by atoms with Gasteiger partial charge < -0.3 is 9.88 Å². The second-order valence-electron chi connectivity index (χ2n) is 7.74. The van der Waals surface area contributed by atoms with Gasteiger partial charge in [0, 0.05) is 60.8 Å². The molecule has 1 aromatic carbocycles. The molecule has 2 amide bonds. The van der Waals surface area contributed by atoms with Crippen molar-refractivity contribution in [2.24, 2.45) is 7.05 Å². The Bertz CT molecular complexity index is 1430. The molecule has 0 fully saturated rings. The maximum absolute atomic E-state index is 13.4. The van der Waals surface area contributed by atoms with Gasteiger partial charge in [0.15, 0.2) is 5.65 Å². The largest absolute Gasteiger partial charge is 0.356 e. The van der Waals surface area contributed by atoms with Gasteiger partial charge in [0.05, 0.1) is 23.8 Å². The van der Waals surface area contributed by atoms with Crippen molar-refractivity contribution in [3.05, 3.63) is 71.4 Å². The van der Waals surface area contributed by atoms with Gasteiger partial charge >= 0.3 is 0 Å². The maximum Gasteiger partial charge on any atom is 0.259 e. The molecular weight excluding hydrogens is 380 g/mol. The average molecular weight is 398 g/mol. The van der Waals surface area contributed by atoms with Gasteiger partial charge in [-0.05, 0) is 23.8 Å². The molecule has 0 bridgehead atoms. The number of nitrogens with zero attached hydrogens (tertiary/aromatic N) is 5. The number of rotatable bonds is 1. The third kappa shape index (κ3) is 2.10. The van der Waals surface area contributed by atoms with E-state index in [0.717, 1.165) is 33.4 Å². The van der Waals surface area contributed by atoms with Crippen molar-refractivity contribution in [1.29, 1.82) is 0 Å². The van der Waals surface area contributed by atoms with Gasteiger partial charge in [-0.3, -0.25) is 14.5 Å². The summed E-state index contributed by atoms with van der Waals surface area (Å²) in [7, 11) is 2.00. The Balaban J connectivity index is 1.70. The van der Waals surface area contributed by atoms with E-state index in [4.69, 9.17) is 0 Å². The molecule has 1 atom stereocenters. The summed E-state index contributed by atoms with van der Waals surface area (Å²) >= 11 is 0. The number of imide groups is 1. The van der Waals surface area contributed by atoms with Crippen LogP contribution >= 0.6 is 0 Å². The lowest BCUT2D eigenvalue weighted by atomic mass is 9.85. The minimum atomic E-state index is -0.385. The molecule has 0 aliphatic carbocycles. The van der Waals surface area contributed by atoms with Crippen molar-refractivity contribution in [3.63, 3.8) is 0 Å². The maximum atomic E-state index is 13.4. The predicted molar refractivity (Wildman–Crippen MR) is 111 cm³/mol. The highest BCUT2D eigenvalue weighted by Gasteiger charge is 2.42. The molecule has 3 aromatic heterocycles. The molecule has 5 heterocycles. The van der Waals surface area contributed by atoms with Crippen LogP contribution in [-0.2, 0) is 16.6 Å². The van der Waals surface area contributed by atoms with Gasteiger partial charge in [-0.2, -0.15) is 5.10 Å². The second-order valence-corrected chi connectivity index (χ2v) is 7.74. The number of hydrogen-bond acceptors (Lipinski definition) is 5. The molecule has 2 aliphatic rings. The fourth-order valence-electron chi connectivity index (χ4n) is 4.74. The summed E-state index contributed by atoms with van der Waals surface area (Å²) in [6, 6.07) is 7.88. The molecule has 30 heavy (non-hydrogen) atoms. The van der Waals surface area contributed by atoms with E-state index in [1.165, 1.54) is 11.8 Å². The molecule has 148 valence electrons. The van der Waals surface area contributed by atoms with Crippen molar-refractivity contribution >= 4 is 34.1 Å². The van der Waals surface area contributed by atoms with E-state index in [1.54, 1.807) is 16.9 Å². The van der Waals surface area contributed by atoms with E-state index < -0.39 is 0 Å². The van der Waals surface area contributed by atoms with Crippen molar-refractivity contribution in [2.45, 2.75) is 12.8 Å². The number of fused-ring (bicyclic) bond motifs is 1. The molecule has 0 unspecified atom stereocenters. The summed E-state index contributed by atoms with van der Waals surface area (Å²) in [6.45, 7) is 1.66. The van der Waals surface area contributed by atoms with E-state index in [2.05, 4.69) is 32.2 Å². The number of carbonyl (C=O) groups excluding carboxylic acids is 2. The van der Waals surface area contributed by atoms with Gasteiger partial charge in [0.2, 0.25) is 5.91 Å². The summed E-state index contributed by atoms with van der Waals surface area (Å²) < 4.78 is 3.78. The number of benzene rings is 1. The van der Waals surface area contributed by atoms with E-state index in [-0.39, 0.29) is 24.3 Å².